The van der Waals surface area contributed by atoms with E-state index < -0.39 is 6.04 Å². The van der Waals surface area contributed by atoms with Crippen LogP contribution in [0.4, 0.5) is 0 Å². The van der Waals surface area contributed by atoms with Gasteiger partial charge in [0.25, 0.3) is 0 Å². The Morgan fingerprint density at radius 2 is 1.67 bits per heavy atom. The predicted octanol–water partition coefficient (Wildman–Crippen LogP) is 6.17. The number of hydrogen-bond donors (Lipinski definition) is 1. The first kappa shape index (κ1) is 24.8. The summed E-state index contributed by atoms with van der Waals surface area (Å²) < 4.78 is 0. The van der Waals surface area contributed by atoms with Crippen LogP contribution in [0.3, 0.4) is 0 Å². The standard InChI is InChI=1S/C22H24Cl4N2O2/c1-4-13(2)27-22(30)14(3)28(12-16-6-7-17(23)11-19(16)25)21(29)10-15-5-8-18(24)20(26)9-15/h5-9,11,13-14H,4,10,12H2,1-3H3,(H,27,30)/t13-,14+/m1/s1. The molecule has 0 aliphatic heterocycles. The highest BCUT2D eigenvalue weighted by molar-refractivity contribution is 6.42. The summed E-state index contributed by atoms with van der Waals surface area (Å²) in [7, 11) is 0. The molecule has 0 radical (unpaired) electrons. The van der Waals surface area contributed by atoms with Crippen LogP contribution in [-0.4, -0.2) is 28.8 Å². The van der Waals surface area contributed by atoms with Gasteiger partial charge in [-0.15, -0.1) is 0 Å². The molecule has 0 fully saturated rings. The molecule has 30 heavy (non-hydrogen) atoms. The summed E-state index contributed by atoms with van der Waals surface area (Å²) in [6, 6.07) is 9.42. The molecule has 0 unspecified atom stereocenters. The summed E-state index contributed by atoms with van der Waals surface area (Å²) in [5, 5.41) is 4.65. The summed E-state index contributed by atoms with van der Waals surface area (Å²) in [6.45, 7) is 5.78. The third kappa shape index (κ3) is 6.78. The maximum Gasteiger partial charge on any atom is 0.242 e. The topological polar surface area (TPSA) is 49.4 Å². The molecule has 2 atom stereocenters. The van der Waals surface area contributed by atoms with Crippen molar-refractivity contribution in [2.24, 2.45) is 0 Å². The van der Waals surface area contributed by atoms with Crippen molar-refractivity contribution >= 4 is 58.2 Å². The van der Waals surface area contributed by atoms with Crippen LogP contribution in [0.1, 0.15) is 38.3 Å². The lowest BCUT2D eigenvalue weighted by molar-refractivity contribution is -0.140. The van der Waals surface area contributed by atoms with E-state index in [-0.39, 0.29) is 30.8 Å². The van der Waals surface area contributed by atoms with Gasteiger partial charge in [0.05, 0.1) is 16.5 Å². The van der Waals surface area contributed by atoms with E-state index in [2.05, 4.69) is 5.32 Å². The van der Waals surface area contributed by atoms with Crippen molar-refractivity contribution in [2.75, 3.05) is 0 Å². The van der Waals surface area contributed by atoms with E-state index in [0.717, 1.165) is 6.42 Å². The lowest BCUT2D eigenvalue weighted by Crippen LogP contribution is -2.49. The molecule has 2 amide bonds. The summed E-state index contributed by atoms with van der Waals surface area (Å²) in [5.41, 5.74) is 1.41. The van der Waals surface area contributed by atoms with Crippen LogP contribution >= 0.6 is 46.4 Å². The van der Waals surface area contributed by atoms with Crippen LogP contribution in [0.15, 0.2) is 36.4 Å². The van der Waals surface area contributed by atoms with Gasteiger partial charge < -0.3 is 10.2 Å². The van der Waals surface area contributed by atoms with Crippen molar-refractivity contribution in [3.05, 3.63) is 67.6 Å². The van der Waals surface area contributed by atoms with E-state index in [0.29, 0.717) is 31.2 Å². The molecule has 0 spiro atoms. The number of hydrogen-bond acceptors (Lipinski definition) is 2. The lowest BCUT2D eigenvalue weighted by Gasteiger charge is -2.30. The van der Waals surface area contributed by atoms with Gasteiger partial charge in [-0.25, -0.2) is 0 Å². The van der Waals surface area contributed by atoms with Crippen LogP contribution in [0.25, 0.3) is 0 Å². The van der Waals surface area contributed by atoms with Gasteiger partial charge in [-0.3, -0.25) is 9.59 Å². The van der Waals surface area contributed by atoms with Crippen molar-refractivity contribution in [3.63, 3.8) is 0 Å². The number of nitrogens with one attached hydrogen (secondary N) is 1. The Kier molecular flexibility index (Phi) is 9.30. The third-order valence-corrected chi connectivity index (χ3v) is 6.19. The molecule has 0 aliphatic rings. The second-order valence-electron chi connectivity index (χ2n) is 7.18. The van der Waals surface area contributed by atoms with E-state index in [9.17, 15) is 9.59 Å². The van der Waals surface area contributed by atoms with E-state index in [1.54, 1.807) is 43.3 Å². The molecule has 0 saturated heterocycles. The summed E-state index contributed by atoms with van der Waals surface area (Å²) in [5.74, 6) is -0.455. The van der Waals surface area contributed by atoms with E-state index in [1.807, 2.05) is 13.8 Å². The maximum atomic E-state index is 13.2. The van der Waals surface area contributed by atoms with Crippen molar-refractivity contribution in [3.8, 4) is 0 Å². The lowest BCUT2D eigenvalue weighted by atomic mass is 10.1. The van der Waals surface area contributed by atoms with E-state index in [4.69, 9.17) is 46.4 Å². The van der Waals surface area contributed by atoms with Crippen LogP contribution in [0.2, 0.25) is 20.1 Å². The summed E-state index contributed by atoms with van der Waals surface area (Å²) >= 11 is 24.3. The summed E-state index contributed by atoms with van der Waals surface area (Å²) in [4.78, 5) is 27.4. The fraction of sp³-hybridized carbons (Fsp3) is 0.364. The molecule has 0 heterocycles. The highest BCUT2D eigenvalue weighted by Gasteiger charge is 2.27. The minimum atomic E-state index is -0.694. The molecule has 0 saturated carbocycles. The molecular weight excluding hydrogens is 466 g/mol. The van der Waals surface area contributed by atoms with Crippen LogP contribution < -0.4 is 5.32 Å². The molecule has 0 aliphatic carbocycles. The highest BCUT2D eigenvalue weighted by atomic mass is 35.5. The molecule has 2 aromatic carbocycles. The largest absolute Gasteiger partial charge is 0.352 e. The minimum Gasteiger partial charge on any atom is -0.352 e. The number of nitrogens with zero attached hydrogens (tertiary/aromatic N) is 1. The third-order valence-electron chi connectivity index (χ3n) is 4.86. The average Bonchev–Trinajstić information content (AvgIpc) is 2.69. The number of benzene rings is 2. The number of carbonyl (C=O) groups excluding carboxylic acids is 2. The Balaban J connectivity index is 2.29. The number of amides is 2. The zero-order valence-corrected chi connectivity index (χ0v) is 20.0. The van der Waals surface area contributed by atoms with E-state index in [1.165, 1.54) is 4.90 Å². The van der Waals surface area contributed by atoms with Gasteiger partial charge in [-0.2, -0.15) is 0 Å². The first-order valence-electron chi connectivity index (χ1n) is 9.60. The fourth-order valence-corrected chi connectivity index (χ4v) is 3.60. The molecular formula is C22H24Cl4N2O2. The van der Waals surface area contributed by atoms with Crippen molar-refractivity contribution in [1.29, 1.82) is 0 Å². The van der Waals surface area contributed by atoms with Gasteiger partial charge in [0, 0.05) is 22.6 Å². The van der Waals surface area contributed by atoms with Gasteiger partial charge in [0.1, 0.15) is 6.04 Å². The van der Waals surface area contributed by atoms with Crippen LogP contribution in [0.5, 0.6) is 0 Å². The molecule has 0 aromatic heterocycles. The maximum absolute atomic E-state index is 13.2. The Labute approximate surface area is 197 Å². The Morgan fingerprint density at radius 1 is 0.967 bits per heavy atom. The molecule has 8 heteroatoms. The van der Waals surface area contributed by atoms with Gasteiger partial charge in [0.15, 0.2) is 0 Å². The van der Waals surface area contributed by atoms with Crippen molar-refractivity contribution < 1.29 is 9.59 Å². The second kappa shape index (κ2) is 11.2. The molecule has 2 aromatic rings. The Bertz CT molecular complexity index is 920. The molecule has 2 rings (SSSR count). The molecule has 1 N–H and O–H groups in total. The predicted molar refractivity (Wildman–Crippen MR) is 125 cm³/mol. The van der Waals surface area contributed by atoms with Crippen molar-refractivity contribution in [2.45, 2.75) is 52.2 Å². The second-order valence-corrected chi connectivity index (χ2v) is 8.83. The smallest absolute Gasteiger partial charge is 0.242 e. The zero-order valence-electron chi connectivity index (χ0n) is 17.0. The van der Waals surface area contributed by atoms with Crippen LogP contribution in [-0.2, 0) is 22.6 Å². The van der Waals surface area contributed by atoms with Crippen LogP contribution in [0, 0.1) is 0 Å². The zero-order chi connectivity index (χ0) is 22.4. The first-order valence-corrected chi connectivity index (χ1v) is 11.1. The SMILES string of the molecule is CC[C@@H](C)NC(=O)[C@H](C)N(Cc1ccc(Cl)cc1Cl)C(=O)Cc1ccc(Cl)c(Cl)c1. The quantitative estimate of drug-likeness (QED) is 0.481. The van der Waals surface area contributed by atoms with Gasteiger partial charge in [0.2, 0.25) is 11.8 Å². The molecule has 162 valence electrons. The van der Waals surface area contributed by atoms with Gasteiger partial charge >= 0.3 is 0 Å². The Morgan fingerprint density at radius 3 is 2.27 bits per heavy atom. The number of halogens is 4. The van der Waals surface area contributed by atoms with E-state index >= 15 is 0 Å². The van der Waals surface area contributed by atoms with Crippen molar-refractivity contribution in [1.82, 2.24) is 10.2 Å². The van der Waals surface area contributed by atoms with Gasteiger partial charge in [-0.05, 0) is 55.7 Å². The first-order chi connectivity index (χ1) is 14.1. The average molecular weight is 490 g/mol. The number of rotatable bonds is 8. The fourth-order valence-electron chi connectivity index (χ4n) is 2.81. The summed E-state index contributed by atoms with van der Waals surface area (Å²) in [6.07, 6.45) is 0.863. The number of carbonyl (C=O) groups is 2. The molecule has 4 nitrogen and oxygen atoms in total. The minimum absolute atomic E-state index is 0.00564. The normalized spacial score (nSPS) is 12.9. The Hall–Kier alpha value is -1.46. The molecule has 0 bridgehead atoms. The van der Waals surface area contributed by atoms with Gasteiger partial charge in [-0.1, -0.05) is 65.5 Å². The highest BCUT2D eigenvalue weighted by Crippen LogP contribution is 2.25. The monoisotopic (exact) mass is 488 g/mol.